The Morgan fingerprint density at radius 1 is 1.38 bits per heavy atom. The highest BCUT2D eigenvalue weighted by Gasteiger charge is 2.19. The largest absolute Gasteiger partial charge is 0.480 e. The van der Waals surface area contributed by atoms with Crippen LogP contribution in [-0.4, -0.2) is 35.5 Å². The molecule has 0 aromatic carbocycles. The van der Waals surface area contributed by atoms with E-state index < -0.39 is 23.8 Å². The zero-order valence-electron chi connectivity index (χ0n) is 11.5. The maximum Gasteiger partial charge on any atom is 0.326 e. The third-order valence-electron chi connectivity index (χ3n) is 2.69. The summed E-state index contributed by atoms with van der Waals surface area (Å²) < 4.78 is 5.43. The Labute approximate surface area is 130 Å². The first-order chi connectivity index (χ1) is 9.93. The minimum absolute atomic E-state index is 0.0652. The second kappa shape index (κ2) is 8.46. The van der Waals surface area contributed by atoms with Gasteiger partial charge in [0.15, 0.2) is 10.4 Å². The van der Waals surface area contributed by atoms with Crippen LogP contribution in [0.2, 0.25) is 0 Å². The molecule has 0 aliphatic heterocycles. The van der Waals surface area contributed by atoms with Crippen molar-refractivity contribution in [2.24, 2.45) is 0 Å². The van der Waals surface area contributed by atoms with E-state index in [1.807, 2.05) is 6.92 Å². The van der Waals surface area contributed by atoms with Crippen LogP contribution in [0.15, 0.2) is 21.2 Å². The Bertz CT molecular complexity index is 514. The van der Waals surface area contributed by atoms with E-state index in [4.69, 9.17) is 9.52 Å². The van der Waals surface area contributed by atoms with Gasteiger partial charge in [-0.25, -0.2) is 4.79 Å². The van der Waals surface area contributed by atoms with E-state index in [0.717, 1.165) is 6.42 Å². The van der Waals surface area contributed by atoms with Crippen molar-refractivity contribution in [3.8, 4) is 0 Å². The minimum atomic E-state index is -1.09. The molecule has 1 unspecified atom stereocenters. The topological polar surface area (TPSA) is 109 Å². The smallest absolute Gasteiger partial charge is 0.326 e. The molecule has 0 bridgehead atoms. The van der Waals surface area contributed by atoms with Gasteiger partial charge in [-0.1, -0.05) is 19.8 Å². The lowest BCUT2D eigenvalue weighted by molar-refractivity contribution is -0.141. The summed E-state index contributed by atoms with van der Waals surface area (Å²) >= 11 is 3.06. The molecular weight excluding hydrogens is 344 g/mol. The Morgan fingerprint density at radius 2 is 2.10 bits per heavy atom. The Kier molecular flexibility index (Phi) is 6.93. The number of amides is 2. The highest BCUT2D eigenvalue weighted by molar-refractivity contribution is 9.10. The summed E-state index contributed by atoms with van der Waals surface area (Å²) in [5.74, 6) is -2.12. The zero-order valence-corrected chi connectivity index (χ0v) is 13.1. The number of hydrogen-bond acceptors (Lipinski definition) is 4. The molecule has 3 N–H and O–H groups in total. The predicted molar refractivity (Wildman–Crippen MR) is 77.8 cm³/mol. The van der Waals surface area contributed by atoms with Crippen molar-refractivity contribution >= 4 is 33.7 Å². The molecule has 1 aromatic heterocycles. The first-order valence-corrected chi connectivity index (χ1v) is 7.29. The second-order valence-corrected chi connectivity index (χ2v) is 5.17. The van der Waals surface area contributed by atoms with Crippen LogP contribution in [-0.2, 0) is 9.59 Å². The van der Waals surface area contributed by atoms with Gasteiger partial charge < -0.3 is 20.2 Å². The molecule has 21 heavy (non-hydrogen) atoms. The number of carbonyl (C=O) groups is 3. The number of carbonyl (C=O) groups excluding carboxylic acids is 2. The lowest BCUT2D eigenvalue weighted by atomic mass is 10.1. The molecule has 0 aliphatic rings. The average Bonchev–Trinajstić information content (AvgIpc) is 2.87. The molecule has 0 radical (unpaired) electrons. The number of furan rings is 1. The van der Waals surface area contributed by atoms with Gasteiger partial charge in [0.2, 0.25) is 5.91 Å². The maximum absolute atomic E-state index is 11.6. The molecular formula is C13H17BrN2O5. The normalized spacial score (nSPS) is 11.7. The third kappa shape index (κ3) is 5.99. The van der Waals surface area contributed by atoms with Gasteiger partial charge in [-0.05, 0) is 34.5 Å². The van der Waals surface area contributed by atoms with Crippen molar-refractivity contribution in [3.63, 3.8) is 0 Å². The van der Waals surface area contributed by atoms with Crippen LogP contribution >= 0.6 is 15.9 Å². The van der Waals surface area contributed by atoms with Gasteiger partial charge in [0, 0.05) is 0 Å². The molecule has 0 aliphatic carbocycles. The van der Waals surface area contributed by atoms with E-state index in [1.165, 1.54) is 6.07 Å². The molecule has 1 atom stereocenters. The predicted octanol–water partition coefficient (Wildman–Crippen LogP) is 1.53. The van der Waals surface area contributed by atoms with Gasteiger partial charge in [0.05, 0.1) is 6.54 Å². The van der Waals surface area contributed by atoms with Crippen LogP contribution in [0.4, 0.5) is 0 Å². The third-order valence-corrected chi connectivity index (χ3v) is 3.11. The van der Waals surface area contributed by atoms with E-state index in [1.54, 1.807) is 6.07 Å². The molecule has 1 heterocycles. The highest BCUT2D eigenvalue weighted by Crippen LogP contribution is 2.13. The van der Waals surface area contributed by atoms with Gasteiger partial charge in [-0.15, -0.1) is 0 Å². The second-order valence-electron chi connectivity index (χ2n) is 4.39. The van der Waals surface area contributed by atoms with Crippen molar-refractivity contribution in [1.82, 2.24) is 10.6 Å². The summed E-state index contributed by atoms with van der Waals surface area (Å²) in [5.41, 5.74) is 0. The van der Waals surface area contributed by atoms with Gasteiger partial charge >= 0.3 is 5.97 Å². The molecule has 1 aromatic rings. The molecule has 0 spiro atoms. The Hall–Kier alpha value is -1.83. The van der Waals surface area contributed by atoms with Crippen molar-refractivity contribution in [2.45, 2.75) is 32.2 Å². The lowest BCUT2D eigenvalue weighted by Gasteiger charge is -2.14. The van der Waals surface area contributed by atoms with E-state index in [2.05, 4.69) is 26.6 Å². The number of halogens is 1. The van der Waals surface area contributed by atoms with Crippen LogP contribution in [0.3, 0.4) is 0 Å². The SMILES string of the molecule is CCCCC(NC(=O)CNC(=O)c1ccc(Br)o1)C(=O)O. The quantitative estimate of drug-likeness (QED) is 0.651. The number of aliphatic carboxylic acids is 1. The Morgan fingerprint density at radius 3 is 2.62 bits per heavy atom. The monoisotopic (exact) mass is 360 g/mol. The number of nitrogens with one attached hydrogen (secondary N) is 2. The van der Waals surface area contributed by atoms with E-state index in [9.17, 15) is 14.4 Å². The number of carboxylic acid groups (broad SMARTS) is 1. The molecule has 1 rings (SSSR count). The van der Waals surface area contributed by atoms with Crippen molar-refractivity contribution < 1.29 is 23.9 Å². The van der Waals surface area contributed by atoms with Crippen molar-refractivity contribution in [1.29, 1.82) is 0 Å². The molecule has 8 heteroatoms. The first kappa shape index (κ1) is 17.2. The summed E-state index contributed by atoms with van der Waals surface area (Å²) in [4.78, 5) is 34.2. The van der Waals surface area contributed by atoms with Gasteiger partial charge in [0.25, 0.3) is 5.91 Å². The number of unbranched alkanes of at least 4 members (excludes halogenated alkanes) is 1. The number of carboxylic acids is 1. The maximum atomic E-state index is 11.6. The fourth-order valence-electron chi connectivity index (χ4n) is 1.59. The summed E-state index contributed by atoms with van der Waals surface area (Å²) in [5, 5.41) is 13.7. The van der Waals surface area contributed by atoms with E-state index >= 15 is 0 Å². The summed E-state index contributed by atoms with van der Waals surface area (Å²) in [6, 6.07) is 2.07. The number of hydrogen-bond donors (Lipinski definition) is 3. The molecule has 7 nitrogen and oxygen atoms in total. The summed E-state index contributed by atoms with van der Waals surface area (Å²) in [6.45, 7) is 1.62. The summed E-state index contributed by atoms with van der Waals surface area (Å²) in [7, 11) is 0. The van der Waals surface area contributed by atoms with Crippen molar-refractivity contribution in [3.05, 3.63) is 22.6 Å². The molecule has 0 fully saturated rings. The average molecular weight is 361 g/mol. The summed E-state index contributed by atoms with van der Waals surface area (Å²) in [6.07, 6.45) is 1.89. The van der Waals surface area contributed by atoms with Gasteiger partial charge in [-0.3, -0.25) is 9.59 Å². The Balaban J connectivity index is 2.42. The fourth-order valence-corrected chi connectivity index (χ4v) is 1.90. The molecule has 2 amide bonds. The van der Waals surface area contributed by atoms with E-state index in [-0.39, 0.29) is 12.3 Å². The fraction of sp³-hybridized carbons (Fsp3) is 0.462. The molecule has 0 saturated heterocycles. The van der Waals surface area contributed by atoms with Crippen molar-refractivity contribution in [2.75, 3.05) is 6.54 Å². The van der Waals surface area contributed by atoms with Crippen LogP contribution in [0.1, 0.15) is 36.7 Å². The van der Waals surface area contributed by atoms with Crippen LogP contribution in [0, 0.1) is 0 Å². The highest BCUT2D eigenvalue weighted by atomic mass is 79.9. The zero-order chi connectivity index (χ0) is 15.8. The number of rotatable bonds is 8. The van der Waals surface area contributed by atoms with Crippen LogP contribution in [0.5, 0.6) is 0 Å². The first-order valence-electron chi connectivity index (χ1n) is 6.49. The van der Waals surface area contributed by atoms with E-state index in [0.29, 0.717) is 17.5 Å². The molecule has 116 valence electrons. The van der Waals surface area contributed by atoms with Gasteiger partial charge in [0.1, 0.15) is 6.04 Å². The van der Waals surface area contributed by atoms with Gasteiger partial charge in [-0.2, -0.15) is 0 Å². The van der Waals surface area contributed by atoms with Crippen LogP contribution < -0.4 is 10.6 Å². The molecule has 0 saturated carbocycles. The lowest BCUT2D eigenvalue weighted by Crippen LogP contribution is -2.45. The standard InChI is InChI=1S/C13H17BrN2O5/c1-2-3-4-8(13(19)20)16-11(17)7-15-12(18)9-5-6-10(14)21-9/h5-6,8H,2-4,7H2,1H3,(H,15,18)(H,16,17)(H,19,20). The van der Waals surface area contributed by atoms with Crippen LogP contribution in [0.25, 0.3) is 0 Å². The minimum Gasteiger partial charge on any atom is -0.480 e.